The van der Waals surface area contributed by atoms with Crippen molar-refractivity contribution in [3.8, 4) is 0 Å². The molecule has 118 valence electrons. The first kappa shape index (κ1) is 34.9. The minimum absolute atomic E-state index is 0. The average Bonchev–Trinajstić information content (AvgIpc) is 2.33. The Kier molecular flexibility index (Phi) is 31.5. The molecule has 0 bridgehead atoms. The van der Waals surface area contributed by atoms with Gasteiger partial charge >= 0.3 is 86.4 Å². The Hall–Kier alpha value is 0.722. The third-order valence-electron chi connectivity index (χ3n) is 1.92. The molecule has 0 fully saturated rings. The number of hydrogen-bond donors (Lipinski definition) is 2. The Morgan fingerprint density at radius 2 is 0.913 bits per heavy atom. The quantitative estimate of drug-likeness (QED) is 0.276. The molecule has 0 aliphatic carbocycles. The first-order valence-corrected chi connectivity index (χ1v) is 5.40. The summed E-state index contributed by atoms with van der Waals surface area (Å²) in [4.78, 5) is 39.2. The van der Waals surface area contributed by atoms with Gasteiger partial charge in [-0.05, 0) is 25.7 Å². The number of rotatable bonds is 8. The van der Waals surface area contributed by atoms with Crippen molar-refractivity contribution in [2.45, 2.75) is 37.8 Å². The van der Waals surface area contributed by atoms with Gasteiger partial charge in [0.2, 0.25) is 0 Å². The van der Waals surface area contributed by atoms with Crippen LogP contribution in [0.5, 0.6) is 0 Å². The van der Waals surface area contributed by atoms with Crippen molar-refractivity contribution in [3.63, 3.8) is 0 Å². The molecular formula is C10H14N2Na2O8Pb. The van der Waals surface area contributed by atoms with Gasteiger partial charge in [0.05, 0.1) is 11.9 Å². The maximum absolute atomic E-state index is 9.86. The predicted octanol–water partition coefficient (Wildman–Crippen LogP) is -13.2. The number of hydrogen-bond acceptors (Lipinski definition) is 10. The summed E-state index contributed by atoms with van der Waals surface area (Å²) in [5.41, 5.74) is 9.82. The maximum Gasteiger partial charge on any atom is 2.00 e. The average molecular weight is 543 g/mol. The SMILES string of the molecule is N[C@@H](CCC(=O)[O-])C(=O)[O-].N[C@@H](CCC(=O)[O-])C(=O)[O-].[Na+].[Na+].[Pb+2]. The van der Waals surface area contributed by atoms with Crippen molar-refractivity contribution in [1.82, 2.24) is 0 Å². The van der Waals surface area contributed by atoms with Gasteiger partial charge in [0.15, 0.2) is 0 Å². The van der Waals surface area contributed by atoms with Crippen molar-refractivity contribution in [2.75, 3.05) is 0 Å². The van der Waals surface area contributed by atoms with E-state index < -0.39 is 36.0 Å². The molecule has 0 saturated heterocycles. The Balaban J connectivity index is -0.0000000831. The molecule has 0 aliphatic heterocycles. The number of nitrogens with two attached hydrogens (primary N) is 2. The second-order valence-electron chi connectivity index (χ2n) is 3.67. The summed E-state index contributed by atoms with van der Waals surface area (Å²) < 4.78 is 0. The molecule has 0 aromatic carbocycles. The molecule has 0 spiro atoms. The van der Waals surface area contributed by atoms with Crippen LogP contribution in [0.3, 0.4) is 0 Å². The topological polar surface area (TPSA) is 213 Å². The van der Waals surface area contributed by atoms with E-state index in [1.807, 2.05) is 0 Å². The van der Waals surface area contributed by atoms with Crippen LogP contribution < -0.4 is 91.0 Å². The Morgan fingerprint density at radius 3 is 1.04 bits per heavy atom. The first-order chi connectivity index (χ1) is 9.07. The van der Waals surface area contributed by atoms with Crippen LogP contribution in [0, 0.1) is 0 Å². The molecule has 0 heterocycles. The van der Waals surface area contributed by atoms with Gasteiger partial charge in [0.25, 0.3) is 0 Å². The third kappa shape index (κ3) is 27.8. The van der Waals surface area contributed by atoms with Crippen LogP contribution in [-0.4, -0.2) is 63.3 Å². The minimum Gasteiger partial charge on any atom is -0.550 e. The molecule has 10 nitrogen and oxygen atoms in total. The van der Waals surface area contributed by atoms with Crippen molar-refractivity contribution < 1.29 is 98.7 Å². The molecule has 2 atom stereocenters. The van der Waals surface area contributed by atoms with E-state index in [4.69, 9.17) is 11.5 Å². The summed E-state index contributed by atoms with van der Waals surface area (Å²) in [6.07, 6.45) is -1.00. The van der Waals surface area contributed by atoms with Crippen LogP contribution in [0.1, 0.15) is 25.7 Å². The van der Waals surface area contributed by atoms with Crippen molar-refractivity contribution in [3.05, 3.63) is 0 Å². The van der Waals surface area contributed by atoms with E-state index in [0.717, 1.165) is 0 Å². The van der Waals surface area contributed by atoms with Crippen LogP contribution >= 0.6 is 0 Å². The fourth-order valence-electron chi connectivity index (χ4n) is 0.782. The molecule has 4 N–H and O–H groups in total. The van der Waals surface area contributed by atoms with Gasteiger partial charge in [-0.25, -0.2) is 0 Å². The largest absolute Gasteiger partial charge is 2.00 e. The second-order valence-corrected chi connectivity index (χ2v) is 3.67. The Bertz CT molecular complexity index is 339. The summed E-state index contributed by atoms with van der Waals surface area (Å²) in [6, 6.07) is -2.42. The smallest absolute Gasteiger partial charge is 0.550 e. The van der Waals surface area contributed by atoms with Crippen molar-refractivity contribution in [1.29, 1.82) is 0 Å². The molecular weight excluding hydrogens is 529 g/mol. The van der Waals surface area contributed by atoms with E-state index in [9.17, 15) is 39.6 Å². The first-order valence-electron chi connectivity index (χ1n) is 5.40. The van der Waals surface area contributed by atoms with Gasteiger partial charge in [0.1, 0.15) is 0 Å². The molecule has 0 aromatic heterocycles. The molecule has 0 aliphatic rings. The minimum atomic E-state index is -1.44. The van der Waals surface area contributed by atoms with Crippen LogP contribution in [0.4, 0.5) is 0 Å². The molecule has 0 amide bonds. The molecule has 0 unspecified atom stereocenters. The van der Waals surface area contributed by atoms with Gasteiger partial charge in [-0.15, -0.1) is 0 Å². The number of carboxylic acids is 4. The second kappa shape index (κ2) is 20.8. The zero-order valence-corrected chi connectivity index (χ0v) is 20.8. The fourth-order valence-corrected chi connectivity index (χ4v) is 0.782. The monoisotopic (exact) mass is 544 g/mol. The van der Waals surface area contributed by atoms with Gasteiger partial charge < -0.3 is 51.1 Å². The maximum atomic E-state index is 9.86. The summed E-state index contributed by atoms with van der Waals surface area (Å²) in [6.45, 7) is 0. The number of aliphatic carboxylic acids is 4. The van der Waals surface area contributed by atoms with Crippen LogP contribution in [-0.2, 0) is 19.2 Å². The van der Waals surface area contributed by atoms with Gasteiger partial charge in [-0.2, -0.15) is 0 Å². The Morgan fingerprint density at radius 1 is 0.696 bits per heavy atom. The predicted molar refractivity (Wildman–Crippen MR) is 60.2 cm³/mol. The number of carboxylic acid groups (broad SMARTS) is 4. The van der Waals surface area contributed by atoms with Crippen LogP contribution in [0.25, 0.3) is 0 Å². The summed E-state index contributed by atoms with van der Waals surface area (Å²) in [5, 5.41) is 39.2. The van der Waals surface area contributed by atoms with Gasteiger partial charge in [-0.3, -0.25) is 0 Å². The molecule has 23 heavy (non-hydrogen) atoms. The summed E-state index contributed by atoms with van der Waals surface area (Å²) in [7, 11) is 0. The molecule has 0 rings (SSSR count). The fraction of sp³-hybridized carbons (Fsp3) is 0.600. The van der Waals surface area contributed by atoms with Crippen molar-refractivity contribution in [2.24, 2.45) is 11.5 Å². The molecule has 0 saturated carbocycles. The van der Waals surface area contributed by atoms with E-state index in [1.165, 1.54) is 0 Å². The zero-order valence-electron chi connectivity index (χ0n) is 12.9. The van der Waals surface area contributed by atoms with E-state index in [-0.39, 0.29) is 112 Å². The zero-order chi connectivity index (χ0) is 16.3. The van der Waals surface area contributed by atoms with Gasteiger partial charge in [0, 0.05) is 24.0 Å². The molecule has 0 aromatic rings. The van der Waals surface area contributed by atoms with Crippen molar-refractivity contribution >= 4 is 51.2 Å². The normalized spacial score (nSPS) is 10.9. The standard InChI is InChI=1S/2C5H9NO4.2Na.Pb/c2*6-3(5(9)10)1-2-4(7)8;;;/h2*3H,1-2,6H2,(H,7,8)(H,9,10);;;/q;;2*+1;+2/p-4/t2*3-;;;/m00.../s1. The summed E-state index contributed by atoms with van der Waals surface area (Å²) >= 11 is 0. The summed E-state index contributed by atoms with van der Waals surface area (Å²) in [5.74, 6) is -5.50. The van der Waals surface area contributed by atoms with Gasteiger partial charge in [-0.1, -0.05) is 0 Å². The molecule has 13 heteroatoms. The third-order valence-corrected chi connectivity index (χ3v) is 1.92. The Labute approximate surface area is 197 Å². The van der Waals surface area contributed by atoms with E-state index >= 15 is 0 Å². The van der Waals surface area contributed by atoms with E-state index in [2.05, 4.69) is 0 Å². The van der Waals surface area contributed by atoms with Crippen LogP contribution in [0.15, 0.2) is 0 Å². The molecule has 2 radical (unpaired) electrons. The van der Waals surface area contributed by atoms with E-state index in [1.54, 1.807) is 0 Å². The number of carbonyl (C=O) groups is 4. The van der Waals surface area contributed by atoms with E-state index in [0.29, 0.717) is 0 Å². The van der Waals surface area contributed by atoms with Crippen LogP contribution in [0.2, 0.25) is 0 Å². The number of carbonyl (C=O) groups excluding carboxylic acids is 4.